The summed E-state index contributed by atoms with van der Waals surface area (Å²) in [5.74, 6) is 2.21. The molecule has 0 saturated carbocycles. The van der Waals surface area contributed by atoms with Crippen molar-refractivity contribution in [2.75, 3.05) is 13.1 Å². The van der Waals surface area contributed by atoms with Crippen molar-refractivity contribution in [1.29, 1.82) is 0 Å². The van der Waals surface area contributed by atoms with Crippen LogP contribution in [0.1, 0.15) is 52.8 Å². The SMILES string of the molecule is Cc1cc(C(=O)NCc2ccc(CN3CCC(C)CC3)cc2)c(C)o1. The van der Waals surface area contributed by atoms with Gasteiger partial charge in [0.05, 0.1) is 5.56 Å². The molecule has 3 rings (SSSR count). The Morgan fingerprint density at radius 3 is 2.40 bits per heavy atom. The standard InChI is InChI=1S/C21H28N2O2/c1-15-8-10-23(11-9-15)14-19-6-4-18(5-7-19)13-22-21(24)20-12-16(2)25-17(20)3/h4-7,12,15H,8-11,13-14H2,1-3H3,(H,22,24). The van der Waals surface area contributed by atoms with Crippen LogP contribution in [0, 0.1) is 19.8 Å². The minimum Gasteiger partial charge on any atom is -0.466 e. The van der Waals surface area contributed by atoms with Crippen molar-refractivity contribution in [2.24, 2.45) is 5.92 Å². The zero-order valence-electron chi connectivity index (χ0n) is 15.5. The maximum absolute atomic E-state index is 12.2. The van der Waals surface area contributed by atoms with E-state index in [0.717, 1.165) is 23.8 Å². The summed E-state index contributed by atoms with van der Waals surface area (Å²) in [6, 6.07) is 10.3. The van der Waals surface area contributed by atoms with Crippen LogP contribution in [0.2, 0.25) is 0 Å². The topological polar surface area (TPSA) is 45.5 Å². The second kappa shape index (κ2) is 7.87. The number of hydrogen-bond acceptors (Lipinski definition) is 3. The average Bonchev–Trinajstić information content (AvgIpc) is 2.94. The number of likely N-dealkylation sites (tertiary alicyclic amines) is 1. The summed E-state index contributed by atoms with van der Waals surface area (Å²) in [7, 11) is 0. The second-order valence-corrected chi connectivity index (χ2v) is 7.28. The number of amides is 1. The molecule has 25 heavy (non-hydrogen) atoms. The van der Waals surface area contributed by atoms with E-state index in [-0.39, 0.29) is 5.91 Å². The van der Waals surface area contributed by atoms with Gasteiger partial charge in [-0.2, -0.15) is 0 Å². The minimum absolute atomic E-state index is 0.0825. The van der Waals surface area contributed by atoms with Crippen LogP contribution in [-0.4, -0.2) is 23.9 Å². The number of benzene rings is 1. The van der Waals surface area contributed by atoms with Crippen LogP contribution in [0.4, 0.5) is 0 Å². The van der Waals surface area contributed by atoms with Crippen LogP contribution < -0.4 is 5.32 Å². The first-order chi connectivity index (χ1) is 12.0. The third kappa shape index (κ3) is 4.73. The summed E-state index contributed by atoms with van der Waals surface area (Å²) in [6.07, 6.45) is 2.61. The number of carbonyl (C=O) groups excluding carboxylic acids is 1. The number of rotatable bonds is 5. The molecule has 0 radical (unpaired) electrons. The van der Waals surface area contributed by atoms with Gasteiger partial charge in [0.25, 0.3) is 5.91 Å². The van der Waals surface area contributed by atoms with Crippen molar-refractivity contribution in [3.63, 3.8) is 0 Å². The molecule has 0 atom stereocenters. The molecule has 4 nitrogen and oxygen atoms in total. The lowest BCUT2D eigenvalue weighted by molar-refractivity contribution is 0.0949. The molecule has 1 N–H and O–H groups in total. The molecular formula is C21H28N2O2. The quantitative estimate of drug-likeness (QED) is 0.893. The summed E-state index contributed by atoms with van der Waals surface area (Å²) < 4.78 is 5.42. The normalized spacial score (nSPS) is 16.1. The van der Waals surface area contributed by atoms with Crippen molar-refractivity contribution in [3.8, 4) is 0 Å². The van der Waals surface area contributed by atoms with E-state index < -0.39 is 0 Å². The average molecular weight is 340 g/mol. The molecule has 134 valence electrons. The van der Waals surface area contributed by atoms with Crippen LogP contribution in [0.5, 0.6) is 0 Å². The monoisotopic (exact) mass is 340 g/mol. The van der Waals surface area contributed by atoms with Crippen molar-refractivity contribution in [1.82, 2.24) is 10.2 Å². The van der Waals surface area contributed by atoms with Gasteiger partial charge in [-0.15, -0.1) is 0 Å². The highest BCUT2D eigenvalue weighted by Gasteiger charge is 2.16. The van der Waals surface area contributed by atoms with E-state index in [0.29, 0.717) is 17.9 Å². The Morgan fingerprint density at radius 2 is 1.80 bits per heavy atom. The van der Waals surface area contributed by atoms with Crippen LogP contribution >= 0.6 is 0 Å². The molecule has 1 saturated heterocycles. The van der Waals surface area contributed by atoms with E-state index >= 15 is 0 Å². The third-order valence-electron chi connectivity index (χ3n) is 5.04. The lowest BCUT2D eigenvalue weighted by Gasteiger charge is -2.30. The summed E-state index contributed by atoms with van der Waals surface area (Å²) in [6.45, 7) is 9.96. The fourth-order valence-electron chi connectivity index (χ4n) is 3.37. The van der Waals surface area contributed by atoms with E-state index in [1.165, 1.54) is 31.5 Å². The molecule has 0 bridgehead atoms. The van der Waals surface area contributed by atoms with Crippen LogP contribution in [-0.2, 0) is 13.1 Å². The van der Waals surface area contributed by atoms with Gasteiger partial charge in [0.1, 0.15) is 11.5 Å². The molecule has 1 aliphatic rings. The van der Waals surface area contributed by atoms with Gasteiger partial charge in [-0.3, -0.25) is 9.69 Å². The summed E-state index contributed by atoms with van der Waals surface area (Å²) in [5, 5.41) is 2.97. The Kier molecular flexibility index (Phi) is 5.59. The molecule has 1 aliphatic heterocycles. The maximum atomic E-state index is 12.2. The van der Waals surface area contributed by atoms with Crippen molar-refractivity contribution in [3.05, 3.63) is 58.5 Å². The number of nitrogens with zero attached hydrogens (tertiary/aromatic N) is 1. The lowest BCUT2D eigenvalue weighted by atomic mass is 9.99. The third-order valence-corrected chi connectivity index (χ3v) is 5.04. The Balaban J connectivity index is 1.50. The predicted octanol–water partition coefficient (Wildman–Crippen LogP) is 4.06. The number of carbonyl (C=O) groups is 1. The van der Waals surface area contributed by atoms with Crippen LogP contribution in [0.3, 0.4) is 0 Å². The van der Waals surface area contributed by atoms with Gasteiger partial charge in [0, 0.05) is 13.1 Å². The first-order valence-electron chi connectivity index (χ1n) is 9.16. The number of hydrogen-bond donors (Lipinski definition) is 1. The Labute approximate surface area is 150 Å². The van der Waals surface area contributed by atoms with E-state index in [1.807, 2.05) is 13.8 Å². The van der Waals surface area contributed by atoms with Gasteiger partial charge >= 0.3 is 0 Å². The van der Waals surface area contributed by atoms with Gasteiger partial charge in [-0.1, -0.05) is 31.2 Å². The highest BCUT2D eigenvalue weighted by Crippen LogP contribution is 2.18. The molecule has 0 unspecified atom stereocenters. The van der Waals surface area contributed by atoms with Crippen molar-refractivity contribution < 1.29 is 9.21 Å². The van der Waals surface area contributed by atoms with Crippen molar-refractivity contribution >= 4 is 5.91 Å². The summed E-state index contributed by atoms with van der Waals surface area (Å²) >= 11 is 0. The lowest BCUT2D eigenvalue weighted by Crippen LogP contribution is -2.32. The number of aryl methyl sites for hydroxylation is 2. The largest absolute Gasteiger partial charge is 0.466 e. The van der Waals surface area contributed by atoms with E-state index in [1.54, 1.807) is 6.07 Å². The first-order valence-corrected chi connectivity index (χ1v) is 9.16. The van der Waals surface area contributed by atoms with Gasteiger partial charge in [-0.05, 0) is 62.9 Å². The zero-order valence-corrected chi connectivity index (χ0v) is 15.5. The first kappa shape index (κ1) is 17.7. The molecule has 0 aliphatic carbocycles. The number of furan rings is 1. The Bertz CT molecular complexity index is 710. The molecule has 2 heterocycles. The van der Waals surface area contributed by atoms with Crippen molar-refractivity contribution in [2.45, 2.75) is 46.7 Å². The van der Waals surface area contributed by atoms with Gasteiger partial charge in [0.2, 0.25) is 0 Å². The second-order valence-electron chi connectivity index (χ2n) is 7.28. The summed E-state index contributed by atoms with van der Waals surface area (Å²) in [4.78, 5) is 14.8. The maximum Gasteiger partial charge on any atom is 0.255 e. The number of nitrogens with one attached hydrogen (secondary N) is 1. The molecule has 1 aromatic carbocycles. The fraction of sp³-hybridized carbons (Fsp3) is 0.476. The molecular weight excluding hydrogens is 312 g/mol. The highest BCUT2D eigenvalue weighted by molar-refractivity contribution is 5.95. The highest BCUT2D eigenvalue weighted by atomic mass is 16.3. The smallest absolute Gasteiger partial charge is 0.255 e. The van der Waals surface area contributed by atoms with E-state index in [4.69, 9.17) is 4.42 Å². The van der Waals surface area contributed by atoms with Gasteiger partial charge in [0.15, 0.2) is 0 Å². The van der Waals surface area contributed by atoms with E-state index in [9.17, 15) is 4.79 Å². The Morgan fingerprint density at radius 1 is 1.16 bits per heavy atom. The van der Waals surface area contributed by atoms with Crippen LogP contribution in [0.25, 0.3) is 0 Å². The van der Waals surface area contributed by atoms with Gasteiger partial charge in [-0.25, -0.2) is 0 Å². The Hall–Kier alpha value is -2.07. The molecule has 1 amide bonds. The minimum atomic E-state index is -0.0825. The molecule has 1 fully saturated rings. The molecule has 1 aromatic heterocycles. The van der Waals surface area contributed by atoms with Crippen LogP contribution in [0.15, 0.2) is 34.7 Å². The predicted molar refractivity (Wildman–Crippen MR) is 99.5 cm³/mol. The number of piperidine rings is 1. The zero-order chi connectivity index (χ0) is 17.8. The summed E-state index contributed by atoms with van der Waals surface area (Å²) in [5.41, 5.74) is 3.07. The molecule has 4 heteroatoms. The van der Waals surface area contributed by atoms with Gasteiger partial charge < -0.3 is 9.73 Å². The molecule has 0 spiro atoms. The molecule has 2 aromatic rings. The fourth-order valence-corrected chi connectivity index (χ4v) is 3.37. The van der Waals surface area contributed by atoms with E-state index in [2.05, 4.69) is 41.4 Å².